The van der Waals surface area contributed by atoms with Crippen molar-refractivity contribution in [3.8, 4) is 11.5 Å². The minimum Gasteiger partial charge on any atom is -0.504 e. The second kappa shape index (κ2) is 30.4. The Morgan fingerprint density at radius 1 is 0.803 bits per heavy atom. The van der Waals surface area contributed by atoms with Crippen molar-refractivity contribution in [3.63, 3.8) is 0 Å². The van der Waals surface area contributed by atoms with Crippen molar-refractivity contribution in [2.24, 2.45) is 27.9 Å². The molecule has 9 atom stereocenters. The summed E-state index contributed by atoms with van der Waals surface area (Å²) in [6, 6.07) is -9.87. The number of guanidine groups is 1. The zero-order valence-electron chi connectivity index (χ0n) is 40.3. The number of nitrogens with two attached hydrogens (primary N) is 4. The van der Waals surface area contributed by atoms with E-state index >= 15 is 0 Å². The standard InChI is InChI=1S/C41H63N13O21S/c42-18(6-1-3-12-47-33(63)17-9-10-23(76(73,74)75)30(60)29(17)59)22(55)15-25(57)50-21(14-24(43)56)36(66)54-28(32(62)40(71)72)38(68)52-19-7-2-4-11-46-26(58)16-49-37(67)27(31(61)39(69)70)53-35(65)20(51-34(19)64)8-5-13-48-41(44)45/h9-10,18-22,27-28,31-32,55,59-62H,1-8,11-16,42H2,(H2,43,56)(H,46,58)(H,47,63)(H,49,67)(H,50,57)(H,51,64)(H,52,68)(H,53,65)(H,54,66)(H,69,70)(H,71,72)(H4,44,45,48)(H,73,74,75)/t18-,19+,20+,21+,22-,27+,28+,31-,32+/m0/s1. The molecule has 1 saturated heterocycles. The first-order chi connectivity index (χ1) is 35.5. The Labute approximate surface area is 431 Å². The number of aromatic hydroxyl groups is 2. The van der Waals surface area contributed by atoms with Crippen LogP contribution in [0.25, 0.3) is 0 Å². The van der Waals surface area contributed by atoms with Gasteiger partial charge < -0.3 is 101 Å². The van der Waals surface area contributed by atoms with Gasteiger partial charge in [0.25, 0.3) is 16.0 Å². The van der Waals surface area contributed by atoms with Gasteiger partial charge >= 0.3 is 11.9 Å². The van der Waals surface area contributed by atoms with E-state index in [1.807, 2.05) is 10.6 Å². The summed E-state index contributed by atoms with van der Waals surface area (Å²) >= 11 is 0. The van der Waals surface area contributed by atoms with Gasteiger partial charge in [-0.2, -0.15) is 8.42 Å². The first-order valence-electron chi connectivity index (χ1n) is 22.9. The number of rotatable bonds is 25. The first-order valence-corrected chi connectivity index (χ1v) is 24.4. The number of primary amides is 1. The molecule has 24 N–H and O–H groups in total. The van der Waals surface area contributed by atoms with Gasteiger partial charge in [-0.15, -0.1) is 0 Å². The maximum absolute atomic E-state index is 13.9. The number of aliphatic hydroxyl groups is 3. The number of unbranched alkanes of at least 4 members (excludes halogenated alkanes) is 1. The fourth-order valence-corrected chi connectivity index (χ4v) is 7.52. The van der Waals surface area contributed by atoms with Gasteiger partial charge in [-0.3, -0.25) is 52.7 Å². The number of carboxylic acids is 2. The molecule has 0 unspecified atom stereocenters. The molecule has 35 heteroatoms. The van der Waals surface area contributed by atoms with E-state index in [0.717, 1.165) is 6.07 Å². The van der Waals surface area contributed by atoms with Gasteiger partial charge in [0.15, 0.2) is 29.7 Å². The van der Waals surface area contributed by atoms with Crippen molar-refractivity contribution in [1.29, 1.82) is 0 Å². The lowest BCUT2D eigenvalue weighted by molar-refractivity contribution is -0.153. The largest absolute Gasteiger partial charge is 0.504 e. The van der Waals surface area contributed by atoms with Crippen LogP contribution >= 0.6 is 0 Å². The summed E-state index contributed by atoms with van der Waals surface area (Å²) in [5.41, 5.74) is 21.5. The molecule has 1 aliphatic heterocycles. The van der Waals surface area contributed by atoms with E-state index in [4.69, 9.17) is 27.5 Å². The second-order valence-corrected chi connectivity index (χ2v) is 18.3. The molecule has 0 saturated carbocycles. The number of carbonyl (C=O) groups excluding carboxylic acids is 9. The molecule has 0 bridgehead atoms. The average molecular weight is 1110 g/mol. The Morgan fingerprint density at radius 2 is 1.47 bits per heavy atom. The molecule has 1 aromatic rings. The van der Waals surface area contributed by atoms with Crippen LogP contribution in [0.1, 0.15) is 74.6 Å². The maximum atomic E-state index is 13.9. The first kappa shape index (κ1) is 64.1. The Bertz CT molecular complexity index is 2460. The number of nitrogens with one attached hydrogen (secondary N) is 8. The van der Waals surface area contributed by atoms with Gasteiger partial charge in [0.2, 0.25) is 47.3 Å². The SMILES string of the molecule is NC(=O)C[C@@H](NC(=O)C[C@H](O)[C@@H](N)CCCCNC(=O)c1ccc(S(=O)(=O)O)c(O)c1O)C(=O)N[C@@H](C(=O)N[C@@H]1CCCCNC(=O)CNC(=O)[C@@H]([C@H](O)C(=O)O)NC(=O)[C@@H](CCCN=C(N)N)NC1=O)[C@@H](O)C(=O)O. The van der Waals surface area contributed by atoms with E-state index in [2.05, 4.69) is 36.9 Å². The number of phenols is 2. The molecule has 9 amide bonds. The minimum atomic E-state index is -4.93. The minimum absolute atomic E-state index is 0.00740. The van der Waals surface area contributed by atoms with Gasteiger partial charge in [-0.05, 0) is 57.1 Å². The van der Waals surface area contributed by atoms with E-state index in [-0.39, 0.29) is 77.0 Å². The molecular weight excluding hydrogens is 1040 g/mol. The van der Waals surface area contributed by atoms with Crippen LogP contribution in [0.4, 0.5) is 0 Å². The number of carboxylic acid groups (broad SMARTS) is 2. The van der Waals surface area contributed by atoms with Crippen LogP contribution in [0.3, 0.4) is 0 Å². The number of hydrogen-bond donors (Lipinski definition) is 20. The van der Waals surface area contributed by atoms with Gasteiger partial charge in [0.05, 0.1) is 31.1 Å². The van der Waals surface area contributed by atoms with E-state index in [9.17, 15) is 96.9 Å². The fraction of sp³-hybridized carbons (Fsp3) is 0.561. The molecule has 0 aromatic heterocycles. The molecular formula is C41H63N13O21S. The Kier molecular flexibility index (Phi) is 25.6. The lowest BCUT2D eigenvalue weighted by Crippen LogP contribution is -2.63. The molecule has 0 aliphatic carbocycles. The van der Waals surface area contributed by atoms with Crippen molar-refractivity contribution >= 4 is 81.2 Å². The number of phenolic OH excluding ortho intramolecular Hbond substituents is 2. The molecule has 1 heterocycles. The molecule has 1 aliphatic rings. The zero-order valence-corrected chi connectivity index (χ0v) is 41.1. The molecule has 0 radical (unpaired) electrons. The summed E-state index contributed by atoms with van der Waals surface area (Å²) in [6.45, 7) is -1.07. The normalized spacial score (nSPS) is 19.2. The molecule has 1 aromatic carbocycles. The zero-order chi connectivity index (χ0) is 57.6. The van der Waals surface area contributed by atoms with Crippen LogP contribution in [0.2, 0.25) is 0 Å². The average Bonchev–Trinajstić information content (AvgIpc) is 3.32. The van der Waals surface area contributed by atoms with Crippen LogP contribution in [-0.2, 0) is 58.1 Å². The quantitative estimate of drug-likeness (QED) is 0.0142. The third-order valence-corrected chi connectivity index (χ3v) is 11.9. The summed E-state index contributed by atoms with van der Waals surface area (Å²) in [5.74, 6) is -17.8. The van der Waals surface area contributed by atoms with Crippen LogP contribution in [0.15, 0.2) is 22.0 Å². The number of hydrogen-bond acceptors (Lipinski definition) is 20. The number of aliphatic hydroxyl groups excluding tert-OH is 3. The predicted octanol–water partition coefficient (Wildman–Crippen LogP) is -9.02. The molecule has 2 rings (SSSR count). The van der Waals surface area contributed by atoms with Gasteiger partial charge in [0, 0.05) is 25.7 Å². The second-order valence-electron chi connectivity index (χ2n) is 16.9. The van der Waals surface area contributed by atoms with Crippen LogP contribution in [0, 0.1) is 0 Å². The van der Waals surface area contributed by atoms with Crippen LogP contribution in [0.5, 0.6) is 11.5 Å². The summed E-state index contributed by atoms with van der Waals surface area (Å²) in [6.07, 6.45) is -9.19. The number of benzene rings is 1. The number of nitrogens with zero attached hydrogens (tertiary/aromatic N) is 1. The maximum Gasteiger partial charge on any atom is 0.335 e. The molecule has 424 valence electrons. The van der Waals surface area contributed by atoms with E-state index < -0.39 is 171 Å². The highest BCUT2D eigenvalue weighted by atomic mass is 32.2. The number of amides is 9. The van der Waals surface area contributed by atoms with Gasteiger partial charge in [0.1, 0.15) is 35.1 Å². The third-order valence-electron chi connectivity index (χ3n) is 11.0. The van der Waals surface area contributed by atoms with Crippen molar-refractivity contribution in [3.05, 3.63) is 17.7 Å². The summed E-state index contributed by atoms with van der Waals surface area (Å²) in [7, 11) is -4.93. The van der Waals surface area contributed by atoms with Gasteiger partial charge in [-0.25, -0.2) is 9.59 Å². The van der Waals surface area contributed by atoms with Crippen LogP contribution in [-0.4, -0.2) is 201 Å². The Balaban J connectivity index is 2.26. The van der Waals surface area contributed by atoms with Crippen molar-refractivity contribution in [2.75, 3.05) is 26.2 Å². The molecule has 34 nitrogen and oxygen atoms in total. The van der Waals surface area contributed by atoms with Gasteiger partial charge in [-0.1, -0.05) is 6.42 Å². The van der Waals surface area contributed by atoms with E-state index in [0.29, 0.717) is 6.07 Å². The molecule has 1 fully saturated rings. The Morgan fingerprint density at radius 3 is 2.08 bits per heavy atom. The third kappa shape index (κ3) is 21.1. The Hall–Kier alpha value is -7.99. The van der Waals surface area contributed by atoms with Crippen molar-refractivity contribution in [2.45, 2.75) is 124 Å². The molecule has 76 heavy (non-hydrogen) atoms. The molecule has 0 spiro atoms. The topological polar surface area (TPSA) is 596 Å². The fourth-order valence-electron chi connectivity index (χ4n) is 6.94. The highest BCUT2D eigenvalue weighted by Gasteiger charge is 2.40. The number of aliphatic carboxylic acids is 2. The van der Waals surface area contributed by atoms with Crippen molar-refractivity contribution < 1.29 is 101 Å². The highest BCUT2D eigenvalue weighted by molar-refractivity contribution is 7.86. The predicted molar refractivity (Wildman–Crippen MR) is 255 cm³/mol. The van der Waals surface area contributed by atoms with E-state index in [1.165, 1.54) is 0 Å². The highest BCUT2D eigenvalue weighted by Crippen LogP contribution is 2.35. The number of carbonyl (C=O) groups is 11. The van der Waals surface area contributed by atoms with Crippen LogP contribution < -0.4 is 65.5 Å². The smallest absolute Gasteiger partial charge is 0.335 e. The summed E-state index contributed by atoms with van der Waals surface area (Å²) < 4.78 is 31.8. The summed E-state index contributed by atoms with van der Waals surface area (Å²) in [5, 5.41) is 88.0. The lowest BCUT2D eigenvalue weighted by atomic mass is 10.0. The summed E-state index contributed by atoms with van der Waals surface area (Å²) in [4.78, 5) is 144. The monoisotopic (exact) mass is 1110 g/mol. The lowest BCUT2D eigenvalue weighted by Gasteiger charge is -2.28. The van der Waals surface area contributed by atoms with Crippen molar-refractivity contribution in [1.82, 2.24) is 42.5 Å². The van der Waals surface area contributed by atoms with E-state index in [1.54, 1.807) is 0 Å². The number of aliphatic imine (C=N–C) groups is 1.